The summed E-state index contributed by atoms with van der Waals surface area (Å²) in [6.45, 7) is 4.01. The second-order valence-corrected chi connectivity index (χ2v) is 5.59. The van der Waals surface area contributed by atoms with Gasteiger partial charge in [-0.1, -0.05) is 19.8 Å². The highest BCUT2D eigenvalue weighted by molar-refractivity contribution is 7.18. The van der Waals surface area contributed by atoms with Gasteiger partial charge in [-0.2, -0.15) is 0 Å². The van der Waals surface area contributed by atoms with Crippen LogP contribution in [0.15, 0.2) is 23.2 Å². The number of nitrogens with two attached hydrogens (primary N) is 1. The Morgan fingerprint density at radius 2 is 2.22 bits per heavy atom. The van der Waals surface area contributed by atoms with Crippen LogP contribution in [-0.4, -0.2) is 10.8 Å². The summed E-state index contributed by atoms with van der Waals surface area (Å²) in [7, 11) is 0. The SMILES string of the molecule is CCCCCc1nc2cc(N=C(C)N)ccc2s1. The molecule has 0 unspecified atom stereocenters. The summed E-state index contributed by atoms with van der Waals surface area (Å²) in [5, 5.41) is 1.23. The lowest BCUT2D eigenvalue weighted by atomic mass is 10.2. The van der Waals surface area contributed by atoms with Crippen molar-refractivity contribution in [2.24, 2.45) is 10.7 Å². The number of hydrogen-bond donors (Lipinski definition) is 1. The average molecular weight is 261 g/mol. The molecule has 0 aliphatic heterocycles. The summed E-state index contributed by atoms with van der Waals surface area (Å²) in [6.07, 6.45) is 4.84. The summed E-state index contributed by atoms with van der Waals surface area (Å²) in [5.41, 5.74) is 7.51. The van der Waals surface area contributed by atoms with Gasteiger partial charge in [-0.15, -0.1) is 11.3 Å². The van der Waals surface area contributed by atoms with E-state index in [9.17, 15) is 0 Å². The van der Waals surface area contributed by atoms with Crippen LogP contribution in [0.4, 0.5) is 5.69 Å². The van der Waals surface area contributed by atoms with Gasteiger partial charge in [-0.25, -0.2) is 9.98 Å². The molecule has 0 aliphatic rings. The average Bonchev–Trinajstić information content (AvgIpc) is 2.70. The van der Waals surface area contributed by atoms with E-state index in [1.807, 2.05) is 12.1 Å². The van der Waals surface area contributed by atoms with Crippen LogP contribution in [0.1, 0.15) is 38.1 Å². The Morgan fingerprint density at radius 1 is 1.39 bits per heavy atom. The molecule has 1 heterocycles. The molecule has 0 aliphatic carbocycles. The largest absolute Gasteiger partial charge is 0.387 e. The minimum atomic E-state index is 0.577. The predicted molar refractivity (Wildman–Crippen MR) is 79.8 cm³/mol. The molecular formula is C14H19N3S. The van der Waals surface area contributed by atoms with E-state index in [0.717, 1.165) is 17.6 Å². The lowest BCUT2D eigenvalue weighted by Crippen LogP contribution is -2.03. The van der Waals surface area contributed by atoms with Crippen molar-refractivity contribution >= 4 is 33.1 Å². The fraction of sp³-hybridized carbons (Fsp3) is 0.429. The van der Waals surface area contributed by atoms with E-state index < -0.39 is 0 Å². The predicted octanol–water partition coefficient (Wildman–Crippen LogP) is 4.04. The highest BCUT2D eigenvalue weighted by Gasteiger charge is 2.04. The normalized spacial score (nSPS) is 12.2. The number of benzene rings is 1. The molecule has 96 valence electrons. The molecule has 0 atom stereocenters. The number of fused-ring (bicyclic) bond motifs is 1. The molecule has 2 rings (SSSR count). The Morgan fingerprint density at radius 3 is 2.94 bits per heavy atom. The molecule has 1 aromatic carbocycles. The third kappa shape index (κ3) is 3.29. The first-order valence-corrected chi connectivity index (χ1v) is 7.21. The highest BCUT2D eigenvalue weighted by Crippen LogP contribution is 2.27. The van der Waals surface area contributed by atoms with Crippen LogP contribution >= 0.6 is 11.3 Å². The molecular weight excluding hydrogens is 242 g/mol. The number of rotatable bonds is 5. The van der Waals surface area contributed by atoms with Crippen LogP contribution in [0.5, 0.6) is 0 Å². The molecule has 1 aromatic heterocycles. The van der Waals surface area contributed by atoms with E-state index in [1.54, 1.807) is 18.3 Å². The Hall–Kier alpha value is -1.42. The fourth-order valence-electron chi connectivity index (χ4n) is 1.87. The second-order valence-electron chi connectivity index (χ2n) is 4.47. The molecule has 3 nitrogen and oxygen atoms in total. The number of amidine groups is 1. The van der Waals surface area contributed by atoms with Crippen molar-refractivity contribution in [3.8, 4) is 0 Å². The molecule has 0 saturated carbocycles. The smallest absolute Gasteiger partial charge is 0.0964 e. The zero-order valence-corrected chi connectivity index (χ0v) is 11.8. The van der Waals surface area contributed by atoms with Gasteiger partial charge in [0.25, 0.3) is 0 Å². The summed E-state index contributed by atoms with van der Waals surface area (Å²) >= 11 is 1.78. The topological polar surface area (TPSA) is 51.3 Å². The van der Waals surface area contributed by atoms with Crippen molar-refractivity contribution in [2.75, 3.05) is 0 Å². The molecule has 18 heavy (non-hydrogen) atoms. The molecule has 0 spiro atoms. The molecule has 2 aromatic rings. The number of aromatic nitrogens is 1. The summed E-state index contributed by atoms with van der Waals surface area (Å²) in [6, 6.07) is 6.08. The number of nitrogens with zero attached hydrogens (tertiary/aromatic N) is 2. The number of aliphatic imine (C=N–C) groups is 1. The molecule has 0 radical (unpaired) electrons. The number of thiazole rings is 1. The summed E-state index contributed by atoms with van der Waals surface area (Å²) < 4.78 is 1.23. The Balaban J connectivity index is 2.20. The monoisotopic (exact) mass is 261 g/mol. The Labute approximate surface area is 112 Å². The van der Waals surface area contributed by atoms with Gasteiger partial charge in [-0.3, -0.25) is 0 Å². The minimum absolute atomic E-state index is 0.577. The van der Waals surface area contributed by atoms with Gasteiger partial charge in [-0.05, 0) is 38.0 Å². The lowest BCUT2D eigenvalue weighted by molar-refractivity contribution is 0.716. The Bertz CT molecular complexity index is 553. The summed E-state index contributed by atoms with van der Waals surface area (Å²) in [4.78, 5) is 8.91. The van der Waals surface area contributed by atoms with E-state index in [4.69, 9.17) is 5.73 Å². The van der Waals surface area contributed by atoms with Gasteiger partial charge in [0.15, 0.2) is 0 Å². The third-order valence-electron chi connectivity index (χ3n) is 2.72. The van der Waals surface area contributed by atoms with Crippen LogP contribution in [0.2, 0.25) is 0 Å². The molecule has 4 heteroatoms. The molecule has 0 fully saturated rings. The number of aryl methyl sites for hydroxylation is 1. The molecule has 0 saturated heterocycles. The van der Waals surface area contributed by atoms with Gasteiger partial charge in [0.2, 0.25) is 0 Å². The van der Waals surface area contributed by atoms with Crippen LogP contribution in [-0.2, 0) is 6.42 Å². The maximum absolute atomic E-state index is 5.59. The van der Waals surface area contributed by atoms with Crippen LogP contribution in [0.25, 0.3) is 10.2 Å². The standard InChI is InChI=1S/C14H19N3S/c1-3-4-5-6-14-17-12-9-11(16-10(2)15)7-8-13(12)18-14/h7-9H,3-6H2,1-2H3,(H2,15,16). The van der Waals surface area contributed by atoms with Crippen LogP contribution < -0.4 is 5.73 Å². The van der Waals surface area contributed by atoms with Gasteiger partial charge in [0, 0.05) is 0 Å². The molecule has 0 bridgehead atoms. The second kappa shape index (κ2) is 5.96. The maximum atomic E-state index is 5.59. The van der Waals surface area contributed by atoms with Crippen LogP contribution in [0.3, 0.4) is 0 Å². The Kier molecular flexibility index (Phi) is 4.31. The van der Waals surface area contributed by atoms with Gasteiger partial charge in [0.05, 0.1) is 26.7 Å². The van der Waals surface area contributed by atoms with E-state index in [2.05, 4.69) is 23.0 Å². The van der Waals surface area contributed by atoms with Crippen molar-refractivity contribution in [1.82, 2.24) is 4.98 Å². The highest BCUT2D eigenvalue weighted by atomic mass is 32.1. The first-order valence-electron chi connectivity index (χ1n) is 6.39. The van der Waals surface area contributed by atoms with Crippen molar-refractivity contribution in [3.63, 3.8) is 0 Å². The fourth-order valence-corrected chi connectivity index (χ4v) is 2.86. The number of unbranched alkanes of at least 4 members (excludes halogenated alkanes) is 2. The third-order valence-corrected chi connectivity index (χ3v) is 3.81. The van der Waals surface area contributed by atoms with Crippen molar-refractivity contribution in [1.29, 1.82) is 0 Å². The van der Waals surface area contributed by atoms with Crippen molar-refractivity contribution in [2.45, 2.75) is 39.5 Å². The van der Waals surface area contributed by atoms with Crippen molar-refractivity contribution in [3.05, 3.63) is 23.2 Å². The molecule has 2 N–H and O–H groups in total. The van der Waals surface area contributed by atoms with Gasteiger partial charge >= 0.3 is 0 Å². The zero-order chi connectivity index (χ0) is 13.0. The maximum Gasteiger partial charge on any atom is 0.0964 e. The van der Waals surface area contributed by atoms with E-state index in [-0.39, 0.29) is 0 Å². The molecule has 0 amide bonds. The lowest BCUT2D eigenvalue weighted by Gasteiger charge is -1.94. The first-order chi connectivity index (χ1) is 8.69. The van der Waals surface area contributed by atoms with E-state index in [1.165, 1.54) is 29.0 Å². The van der Waals surface area contributed by atoms with E-state index >= 15 is 0 Å². The summed E-state index contributed by atoms with van der Waals surface area (Å²) in [5.74, 6) is 0.577. The quantitative estimate of drug-likeness (QED) is 0.501. The minimum Gasteiger partial charge on any atom is -0.387 e. The van der Waals surface area contributed by atoms with Gasteiger partial charge < -0.3 is 5.73 Å². The number of hydrogen-bond acceptors (Lipinski definition) is 3. The van der Waals surface area contributed by atoms with Crippen molar-refractivity contribution < 1.29 is 0 Å². The first kappa shape index (κ1) is 13.0. The van der Waals surface area contributed by atoms with E-state index in [0.29, 0.717) is 5.84 Å². The zero-order valence-electron chi connectivity index (χ0n) is 10.9. The van der Waals surface area contributed by atoms with Crippen LogP contribution in [0, 0.1) is 0 Å². The van der Waals surface area contributed by atoms with Gasteiger partial charge in [0.1, 0.15) is 0 Å².